The van der Waals surface area contributed by atoms with Crippen molar-refractivity contribution >= 4 is 26.7 Å². The standard InChI is InChI=1S/C25H35NO4S/c1-5-6-16-26(24(27)30-25(2,3)4)17-21(19-14-15-19)18-31(28,29)23-13-9-11-20-10-7-8-12-22(20)23/h7-13,19,21H,5-6,14-18H2,1-4H3. The first-order valence-electron chi connectivity index (χ1n) is 11.3. The second kappa shape index (κ2) is 9.60. The summed E-state index contributed by atoms with van der Waals surface area (Å²) in [4.78, 5) is 14.9. The van der Waals surface area contributed by atoms with Crippen molar-refractivity contribution in [2.24, 2.45) is 11.8 Å². The normalized spacial score (nSPS) is 15.6. The highest BCUT2D eigenvalue weighted by Crippen LogP contribution is 2.39. The van der Waals surface area contributed by atoms with Crippen molar-refractivity contribution in [1.29, 1.82) is 0 Å². The van der Waals surface area contributed by atoms with Crippen LogP contribution in [-0.2, 0) is 14.6 Å². The zero-order chi connectivity index (χ0) is 22.6. The fourth-order valence-corrected chi connectivity index (χ4v) is 5.89. The number of amides is 1. The number of nitrogens with zero attached hydrogens (tertiary/aromatic N) is 1. The molecular formula is C25H35NO4S. The van der Waals surface area contributed by atoms with Crippen LogP contribution in [0.1, 0.15) is 53.4 Å². The van der Waals surface area contributed by atoms with E-state index in [0.717, 1.165) is 36.5 Å². The molecule has 1 saturated carbocycles. The molecule has 1 unspecified atom stereocenters. The van der Waals surface area contributed by atoms with Gasteiger partial charge in [-0.05, 0) is 63.3 Å². The predicted octanol–water partition coefficient (Wildman–Crippen LogP) is 5.68. The Balaban J connectivity index is 1.83. The van der Waals surface area contributed by atoms with Crippen LogP contribution in [0.2, 0.25) is 0 Å². The molecule has 1 aliphatic carbocycles. The SMILES string of the molecule is CCCCN(CC(CS(=O)(=O)c1cccc2ccccc12)C1CC1)C(=O)OC(C)(C)C. The summed E-state index contributed by atoms with van der Waals surface area (Å²) in [6.45, 7) is 8.65. The maximum Gasteiger partial charge on any atom is 0.410 e. The van der Waals surface area contributed by atoms with Gasteiger partial charge in [0.05, 0.1) is 10.6 Å². The van der Waals surface area contributed by atoms with Crippen LogP contribution >= 0.6 is 0 Å². The van der Waals surface area contributed by atoms with Crippen molar-refractivity contribution in [2.45, 2.75) is 63.9 Å². The van der Waals surface area contributed by atoms with Gasteiger partial charge in [0.1, 0.15) is 5.60 Å². The average molecular weight is 446 g/mol. The molecule has 0 bridgehead atoms. The lowest BCUT2D eigenvalue weighted by atomic mass is 10.1. The third-order valence-corrected chi connectivity index (χ3v) is 7.59. The van der Waals surface area contributed by atoms with E-state index in [-0.39, 0.29) is 17.8 Å². The van der Waals surface area contributed by atoms with Crippen LogP contribution in [0.25, 0.3) is 10.8 Å². The van der Waals surface area contributed by atoms with Crippen LogP contribution in [0.4, 0.5) is 4.79 Å². The van der Waals surface area contributed by atoms with Crippen LogP contribution < -0.4 is 0 Å². The number of ether oxygens (including phenoxy) is 1. The summed E-state index contributed by atoms with van der Waals surface area (Å²) in [5, 5.41) is 1.68. The molecule has 5 nitrogen and oxygen atoms in total. The second-order valence-electron chi connectivity index (χ2n) is 9.64. The first-order valence-corrected chi connectivity index (χ1v) is 12.9. The quantitative estimate of drug-likeness (QED) is 0.498. The molecule has 31 heavy (non-hydrogen) atoms. The minimum Gasteiger partial charge on any atom is -0.444 e. The molecule has 0 saturated heterocycles. The molecule has 1 fully saturated rings. The number of rotatable bonds is 9. The van der Waals surface area contributed by atoms with Crippen molar-refractivity contribution in [3.63, 3.8) is 0 Å². The van der Waals surface area contributed by atoms with Gasteiger partial charge in [-0.15, -0.1) is 0 Å². The third kappa shape index (κ3) is 6.45. The van der Waals surface area contributed by atoms with Crippen LogP contribution in [-0.4, -0.2) is 43.9 Å². The average Bonchev–Trinajstić information content (AvgIpc) is 3.53. The number of sulfone groups is 1. The molecule has 0 aliphatic heterocycles. The van der Waals surface area contributed by atoms with Gasteiger partial charge in [-0.1, -0.05) is 49.7 Å². The Morgan fingerprint density at radius 1 is 1.13 bits per heavy atom. The first-order chi connectivity index (χ1) is 14.6. The number of hydrogen-bond donors (Lipinski definition) is 0. The van der Waals surface area contributed by atoms with E-state index in [2.05, 4.69) is 6.92 Å². The molecule has 1 atom stereocenters. The Morgan fingerprint density at radius 2 is 1.81 bits per heavy atom. The summed E-state index contributed by atoms with van der Waals surface area (Å²) in [7, 11) is -3.50. The van der Waals surface area contributed by atoms with Crippen molar-refractivity contribution in [1.82, 2.24) is 4.90 Å². The van der Waals surface area contributed by atoms with Gasteiger partial charge in [0.2, 0.25) is 0 Å². The van der Waals surface area contributed by atoms with E-state index in [1.165, 1.54) is 0 Å². The first kappa shape index (κ1) is 23.6. The van der Waals surface area contributed by atoms with Gasteiger partial charge in [-0.25, -0.2) is 13.2 Å². The molecule has 2 aromatic rings. The summed E-state index contributed by atoms with van der Waals surface area (Å²) in [5.41, 5.74) is -0.578. The predicted molar refractivity (Wildman–Crippen MR) is 125 cm³/mol. The molecule has 1 aliphatic rings. The van der Waals surface area contributed by atoms with Crippen LogP contribution in [0.15, 0.2) is 47.4 Å². The zero-order valence-corrected chi connectivity index (χ0v) is 20.0. The molecule has 6 heteroatoms. The number of fused-ring (bicyclic) bond motifs is 1. The van der Waals surface area contributed by atoms with Crippen LogP contribution in [0.5, 0.6) is 0 Å². The zero-order valence-electron chi connectivity index (χ0n) is 19.1. The summed E-state index contributed by atoms with van der Waals surface area (Å²) in [5.74, 6) is 0.307. The van der Waals surface area contributed by atoms with Crippen molar-refractivity contribution in [3.8, 4) is 0 Å². The summed E-state index contributed by atoms with van der Waals surface area (Å²) < 4.78 is 32.5. The molecule has 0 N–H and O–H groups in total. The Morgan fingerprint density at radius 3 is 2.45 bits per heavy atom. The molecule has 3 rings (SSSR count). The van der Waals surface area contributed by atoms with E-state index < -0.39 is 15.4 Å². The van der Waals surface area contributed by atoms with Gasteiger partial charge >= 0.3 is 6.09 Å². The Hall–Kier alpha value is -2.08. The Kier molecular flexibility index (Phi) is 7.30. The van der Waals surface area contributed by atoms with Crippen molar-refractivity contribution in [2.75, 3.05) is 18.8 Å². The van der Waals surface area contributed by atoms with E-state index in [0.29, 0.717) is 23.9 Å². The molecule has 170 valence electrons. The molecule has 0 radical (unpaired) electrons. The molecule has 0 heterocycles. The lowest BCUT2D eigenvalue weighted by Gasteiger charge is -2.30. The summed E-state index contributed by atoms with van der Waals surface area (Å²) in [6.07, 6.45) is 3.51. The highest BCUT2D eigenvalue weighted by molar-refractivity contribution is 7.91. The van der Waals surface area contributed by atoms with Gasteiger partial charge in [-0.3, -0.25) is 0 Å². The molecule has 1 amide bonds. The lowest BCUT2D eigenvalue weighted by molar-refractivity contribution is 0.0217. The highest BCUT2D eigenvalue weighted by atomic mass is 32.2. The van der Waals surface area contributed by atoms with E-state index in [9.17, 15) is 13.2 Å². The fraction of sp³-hybridized carbons (Fsp3) is 0.560. The number of benzene rings is 2. The summed E-state index contributed by atoms with van der Waals surface area (Å²) in [6, 6.07) is 13.0. The molecule has 0 aromatic heterocycles. The van der Waals surface area contributed by atoms with E-state index in [1.54, 1.807) is 17.0 Å². The van der Waals surface area contributed by atoms with E-state index in [4.69, 9.17) is 4.74 Å². The number of hydrogen-bond acceptors (Lipinski definition) is 4. The van der Waals surface area contributed by atoms with Crippen LogP contribution in [0.3, 0.4) is 0 Å². The molecular weight excluding hydrogens is 410 g/mol. The maximum atomic E-state index is 13.4. The molecule has 0 spiro atoms. The maximum absolute atomic E-state index is 13.4. The minimum absolute atomic E-state index is 0.0527. The topological polar surface area (TPSA) is 63.7 Å². The molecule has 2 aromatic carbocycles. The Bertz CT molecular complexity index is 1000. The second-order valence-corrected chi connectivity index (χ2v) is 11.6. The highest BCUT2D eigenvalue weighted by Gasteiger charge is 2.37. The number of carbonyl (C=O) groups is 1. The van der Waals surface area contributed by atoms with Crippen LogP contribution in [0, 0.1) is 11.8 Å². The Labute approximate surface area is 186 Å². The van der Waals surface area contributed by atoms with E-state index in [1.807, 2.05) is 51.1 Å². The number of unbranched alkanes of at least 4 members (excludes halogenated alkanes) is 1. The lowest BCUT2D eigenvalue weighted by Crippen LogP contribution is -2.42. The monoisotopic (exact) mass is 445 g/mol. The smallest absolute Gasteiger partial charge is 0.410 e. The van der Waals surface area contributed by atoms with Crippen molar-refractivity contribution in [3.05, 3.63) is 42.5 Å². The third-order valence-electron chi connectivity index (χ3n) is 5.70. The minimum atomic E-state index is -3.50. The van der Waals surface area contributed by atoms with Gasteiger partial charge < -0.3 is 9.64 Å². The van der Waals surface area contributed by atoms with Gasteiger partial charge in [0.25, 0.3) is 0 Å². The van der Waals surface area contributed by atoms with Gasteiger partial charge in [-0.2, -0.15) is 0 Å². The van der Waals surface area contributed by atoms with Gasteiger partial charge in [0, 0.05) is 18.5 Å². The van der Waals surface area contributed by atoms with E-state index >= 15 is 0 Å². The largest absolute Gasteiger partial charge is 0.444 e. The fourth-order valence-electron chi connectivity index (χ4n) is 3.96. The van der Waals surface area contributed by atoms with Crippen molar-refractivity contribution < 1.29 is 17.9 Å². The summed E-state index contributed by atoms with van der Waals surface area (Å²) >= 11 is 0. The number of carbonyl (C=O) groups excluding carboxylic acids is 1. The van der Waals surface area contributed by atoms with Gasteiger partial charge in [0.15, 0.2) is 9.84 Å².